The minimum atomic E-state index is -0.386. The summed E-state index contributed by atoms with van der Waals surface area (Å²) in [5.41, 5.74) is 1.11. The van der Waals surface area contributed by atoms with Crippen LogP contribution in [0.15, 0.2) is 24.3 Å². The lowest BCUT2D eigenvalue weighted by Crippen LogP contribution is -1.91. The van der Waals surface area contributed by atoms with E-state index >= 15 is 0 Å². The van der Waals surface area contributed by atoms with E-state index in [1.165, 1.54) is 6.07 Å². The molecule has 2 aromatic rings. The van der Waals surface area contributed by atoms with E-state index in [0.29, 0.717) is 0 Å². The van der Waals surface area contributed by atoms with Gasteiger partial charge in [-0.2, -0.15) is 0 Å². The van der Waals surface area contributed by atoms with E-state index in [2.05, 4.69) is 6.20 Å². The van der Waals surface area contributed by atoms with Crippen molar-refractivity contribution in [1.82, 2.24) is 4.57 Å². The molecule has 0 atom stereocenters. The van der Waals surface area contributed by atoms with Gasteiger partial charge in [-0.15, -0.1) is 0 Å². The number of hydrogen-bond donors (Lipinski definition) is 0. The molecule has 0 fully saturated rings. The van der Waals surface area contributed by atoms with Crippen LogP contribution in [0.5, 0.6) is 0 Å². The number of nitro groups is 1. The molecule has 0 amide bonds. The minimum Gasteiger partial charge on any atom is -0.340 e. The summed E-state index contributed by atoms with van der Waals surface area (Å²) in [4.78, 5) is 10.1. The van der Waals surface area contributed by atoms with Gasteiger partial charge < -0.3 is 4.57 Å². The number of aromatic nitrogens is 1. The quantitative estimate of drug-likeness (QED) is 0.537. The van der Waals surface area contributed by atoms with Crippen molar-refractivity contribution in [2.75, 3.05) is 0 Å². The van der Waals surface area contributed by atoms with Gasteiger partial charge in [-0.3, -0.25) is 10.1 Å². The zero-order valence-corrected chi connectivity index (χ0v) is 7.73. The van der Waals surface area contributed by atoms with Gasteiger partial charge in [0.25, 0.3) is 5.69 Å². The Hall–Kier alpha value is -1.84. The van der Waals surface area contributed by atoms with Crippen molar-refractivity contribution < 1.29 is 4.92 Å². The maximum Gasteiger partial charge on any atom is 0.270 e. The molecular weight excluding hydrogens is 180 g/mol. The molecule has 0 unspecified atom stereocenters. The largest absolute Gasteiger partial charge is 0.340 e. The number of nitrogens with zero attached hydrogens (tertiary/aromatic N) is 2. The van der Waals surface area contributed by atoms with Crippen molar-refractivity contribution in [3.05, 3.63) is 40.6 Å². The number of hydrogen-bond acceptors (Lipinski definition) is 2. The van der Waals surface area contributed by atoms with Crippen LogP contribution in [-0.4, -0.2) is 9.49 Å². The molecule has 1 heterocycles. The highest BCUT2D eigenvalue weighted by Gasteiger charge is 2.07. The molecule has 0 aliphatic carbocycles. The summed E-state index contributed by atoms with van der Waals surface area (Å²) in [5.74, 6) is 0. The molecule has 14 heavy (non-hydrogen) atoms. The smallest absolute Gasteiger partial charge is 0.270 e. The van der Waals surface area contributed by atoms with Crippen LogP contribution in [0.3, 0.4) is 0 Å². The van der Waals surface area contributed by atoms with Crippen molar-refractivity contribution >= 4 is 16.6 Å². The van der Waals surface area contributed by atoms with Crippen molar-refractivity contribution in [1.29, 1.82) is 0 Å². The van der Waals surface area contributed by atoms with Gasteiger partial charge in [0, 0.05) is 29.6 Å². The molecule has 0 aliphatic heterocycles. The van der Waals surface area contributed by atoms with E-state index in [9.17, 15) is 10.1 Å². The molecule has 2 rings (SSSR count). The van der Waals surface area contributed by atoms with Crippen LogP contribution in [0.1, 0.15) is 6.92 Å². The molecule has 0 aliphatic rings. The molecule has 71 valence electrons. The predicted molar refractivity (Wildman–Crippen MR) is 53.1 cm³/mol. The first kappa shape index (κ1) is 8.74. The molecule has 0 saturated carbocycles. The van der Waals surface area contributed by atoms with Crippen LogP contribution >= 0.6 is 0 Å². The van der Waals surface area contributed by atoms with E-state index < -0.39 is 0 Å². The average Bonchev–Trinajstić information content (AvgIpc) is 2.59. The van der Waals surface area contributed by atoms with Gasteiger partial charge in [-0.1, -0.05) is 0 Å². The standard InChI is InChI=1S/C10H9N2O2/c1-2-11-6-5-8-7-9(12(13)14)3-4-10(8)11/h3-5,7H,2H2,1H3. The van der Waals surface area contributed by atoms with Gasteiger partial charge in [-0.25, -0.2) is 0 Å². The summed E-state index contributed by atoms with van der Waals surface area (Å²) in [7, 11) is 0. The highest BCUT2D eigenvalue weighted by Crippen LogP contribution is 2.21. The van der Waals surface area contributed by atoms with Gasteiger partial charge in [-0.05, 0) is 19.1 Å². The summed E-state index contributed by atoms with van der Waals surface area (Å²) in [6.45, 7) is 2.83. The molecule has 0 spiro atoms. The molecule has 4 heteroatoms. The second kappa shape index (κ2) is 3.14. The van der Waals surface area contributed by atoms with Crippen LogP contribution < -0.4 is 0 Å². The monoisotopic (exact) mass is 189 g/mol. The van der Waals surface area contributed by atoms with Gasteiger partial charge >= 0.3 is 0 Å². The van der Waals surface area contributed by atoms with E-state index in [0.717, 1.165) is 17.4 Å². The lowest BCUT2D eigenvalue weighted by Gasteiger charge is -1.98. The maximum absolute atomic E-state index is 10.5. The third-order valence-corrected chi connectivity index (χ3v) is 2.20. The first-order valence-electron chi connectivity index (χ1n) is 4.37. The first-order chi connectivity index (χ1) is 6.72. The van der Waals surface area contributed by atoms with Crippen molar-refractivity contribution in [3.8, 4) is 0 Å². The van der Waals surface area contributed by atoms with E-state index in [1.807, 2.05) is 11.5 Å². The van der Waals surface area contributed by atoms with E-state index in [4.69, 9.17) is 0 Å². The Kier molecular flexibility index (Phi) is 1.96. The zero-order valence-electron chi connectivity index (χ0n) is 7.73. The van der Waals surface area contributed by atoms with Crippen molar-refractivity contribution in [3.63, 3.8) is 0 Å². The maximum atomic E-state index is 10.5. The number of aryl methyl sites for hydroxylation is 1. The van der Waals surface area contributed by atoms with Gasteiger partial charge in [0.15, 0.2) is 0 Å². The number of benzene rings is 1. The van der Waals surface area contributed by atoms with E-state index in [-0.39, 0.29) is 10.6 Å². The fourth-order valence-corrected chi connectivity index (χ4v) is 1.50. The van der Waals surface area contributed by atoms with Gasteiger partial charge in [0.05, 0.1) is 11.1 Å². The Bertz CT molecular complexity index is 488. The summed E-state index contributed by atoms with van der Waals surface area (Å²) < 4.78 is 1.93. The topological polar surface area (TPSA) is 48.1 Å². The molecular formula is C10H9N2O2. The summed E-state index contributed by atoms with van der Waals surface area (Å²) in [5, 5.41) is 11.4. The molecule has 1 aromatic heterocycles. The highest BCUT2D eigenvalue weighted by molar-refractivity contribution is 5.82. The second-order valence-electron chi connectivity index (χ2n) is 3.02. The van der Waals surface area contributed by atoms with Gasteiger partial charge in [0.1, 0.15) is 0 Å². The number of rotatable bonds is 2. The Morgan fingerprint density at radius 3 is 3.00 bits per heavy atom. The SMILES string of the molecule is CCn1[c]cc2cc([N+](=O)[O-])ccc21. The van der Waals surface area contributed by atoms with Crippen molar-refractivity contribution in [2.24, 2.45) is 0 Å². The first-order valence-corrected chi connectivity index (χ1v) is 4.37. The number of fused-ring (bicyclic) bond motifs is 1. The lowest BCUT2D eigenvalue weighted by molar-refractivity contribution is -0.384. The van der Waals surface area contributed by atoms with E-state index in [1.54, 1.807) is 18.2 Å². The van der Waals surface area contributed by atoms with Crippen LogP contribution in [-0.2, 0) is 6.54 Å². The zero-order chi connectivity index (χ0) is 10.1. The Balaban J connectivity index is 2.63. The fourth-order valence-electron chi connectivity index (χ4n) is 1.50. The Labute approximate surface area is 80.9 Å². The molecule has 1 aromatic carbocycles. The second-order valence-corrected chi connectivity index (χ2v) is 3.02. The normalized spacial score (nSPS) is 10.6. The fraction of sp³-hybridized carbons (Fsp3) is 0.200. The van der Waals surface area contributed by atoms with Crippen LogP contribution in [0.4, 0.5) is 5.69 Å². The highest BCUT2D eigenvalue weighted by atomic mass is 16.6. The average molecular weight is 189 g/mol. The number of non-ortho nitro benzene ring substituents is 1. The van der Waals surface area contributed by atoms with Crippen LogP contribution in [0.2, 0.25) is 0 Å². The third kappa shape index (κ3) is 1.25. The lowest BCUT2D eigenvalue weighted by atomic mass is 10.2. The number of nitro benzene ring substituents is 1. The minimum absolute atomic E-state index is 0.125. The summed E-state index contributed by atoms with van der Waals surface area (Å²) >= 11 is 0. The Morgan fingerprint density at radius 2 is 2.36 bits per heavy atom. The molecule has 0 N–H and O–H groups in total. The van der Waals surface area contributed by atoms with Gasteiger partial charge in [0.2, 0.25) is 0 Å². The summed E-state index contributed by atoms with van der Waals surface area (Å²) in [6, 6.07) is 6.61. The molecule has 0 bridgehead atoms. The molecule has 4 nitrogen and oxygen atoms in total. The Morgan fingerprint density at radius 1 is 1.57 bits per heavy atom. The van der Waals surface area contributed by atoms with Crippen LogP contribution in [0, 0.1) is 16.3 Å². The summed E-state index contributed by atoms with van der Waals surface area (Å²) in [6.07, 6.45) is 3.02. The van der Waals surface area contributed by atoms with Crippen LogP contribution in [0.25, 0.3) is 10.9 Å². The van der Waals surface area contributed by atoms with Crippen molar-refractivity contribution in [2.45, 2.75) is 13.5 Å². The third-order valence-electron chi connectivity index (χ3n) is 2.20. The molecule has 1 radical (unpaired) electrons. The predicted octanol–water partition coefficient (Wildman–Crippen LogP) is 2.37. The molecule has 0 saturated heterocycles.